The van der Waals surface area contributed by atoms with Crippen LogP contribution in [0.2, 0.25) is 0 Å². The fourth-order valence-corrected chi connectivity index (χ4v) is 11.4. The number of hydrogen-bond acceptors (Lipinski definition) is 11. The van der Waals surface area contributed by atoms with Gasteiger partial charge in [0.05, 0.1) is 58.5 Å². The number of amides is 1. The van der Waals surface area contributed by atoms with Crippen LogP contribution >= 0.6 is 11.6 Å². The largest absolute Gasteiger partial charge is 0.379 e. The minimum absolute atomic E-state index is 0.117. The van der Waals surface area contributed by atoms with Crippen LogP contribution in [0.1, 0.15) is 110 Å². The Balaban J connectivity index is 0.000000207. The van der Waals surface area contributed by atoms with Crippen molar-refractivity contribution in [2.45, 2.75) is 98.9 Å². The van der Waals surface area contributed by atoms with Gasteiger partial charge in [-0.15, -0.1) is 0 Å². The van der Waals surface area contributed by atoms with Crippen LogP contribution in [0.15, 0.2) is 131 Å². The summed E-state index contributed by atoms with van der Waals surface area (Å²) in [6.07, 6.45) is 16.7. The van der Waals surface area contributed by atoms with E-state index in [1.807, 2.05) is 36.5 Å². The zero-order chi connectivity index (χ0) is 55.7. The molecule has 77 heavy (non-hydrogen) atoms. The van der Waals surface area contributed by atoms with Gasteiger partial charge < -0.3 is 10.2 Å². The van der Waals surface area contributed by atoms with Crippen LogP contribution in [-0.4, -0.2) is 73.7 Å². The minimum Gasteiger partial charge on any atom is -0.379 e. The van der Waals surface area contributed by atoms with Gasteiger partial charge in [-0.1, -0.05) is 87.1 Å². The molecular weight excluding hydrogens is 1060 g/mol. The summed E-state index contributed by atoms with van der Waals surface area (Å²) < 4.78 is 105. The Hall–Kier alpha value is -7.07. The molecule has 1 N–H and O–H groups in total. The number of para-hydroxylation sites is 2. The number of hydrogen-bond donors (Lipinski definition) is 1. The van der Waals surface area contributed by atoms with Crippen molar-refractivity contribution in [2.24, 2.45) is 0 Å². The lowest BCUT2D eigenvalue weighted by Gasteiger charge is -2.26. The fraction of sp³-hybridized carbons (Fsp3) is 0.321. The molecule has 0 aliphatic heterocycles. The molecule has 0 radical (unpaired) electrons. The molecule has 21 heteroatoms. The Morgan fingerprint density at radius 1 is 0.623 bits per heavy atom. The number of likely N-dealkylation sites (N-methyl/N-ethyl adjacent to an activating group) is 2. The maximum absolute atomic E-state index is 13.9. The molecule has 0 saturated heterocycles. The quantitative estimate of drug-likeness (QED) is 0.0715. The maximum atomic E-state index is 13.9. The third-order valence-corrected chi connectivity index (χ3v) is 16.8. The molecule has 2 aliphatic carbocycles. The highest BCUT2D eigenvalue weighted by Crippen LogP contribution is 2.34. The van der Waals surface area contributed by atoms with E-state index in [2.05, 4.69) is 45.7 Å². The highest BCUT2D eigenvalue weighted by molar-refractivity contribution is 7.89. The zero-order valence-electron chi connectivity index (χ0n) is 42.4. The highest BCUT2D eigenvalue weighted by Gasteiger charge is 2.29. The second-order valence-electron chi connectivity index (χ2n) is 18.5. The van der Waals surface area contributed by atoms with E-state index in [1.165, 1.54) is 86.6 Å². The van der Waals surface area contributed by atoms with E-state index in [4.69, 9.17) is 22.1 Å². The second-order valence-corrected chi connectivity index (χ2v) is 23.0. The van der Waals surface area contributed by atoms with Crippen molar-refractivity contribution in [3.8, 4) is 12.1 Å². The van der Waals surface area contributed by atoms with Gasteiger partial charge in [-0.2, -0.15) is 19.1 Å². The van der Waals surface area contributed by atoms with Gasteiger partial charge in [-0.05, 0) is 121 Å². The van der Waals surface area contributed by atoms with Crippen molar-refractivity contribution >= 4 is 54.2 Å². The van der Waals surface area contributed by atoms with Crippen LogP contribution in [0.4, 0.5) is 28.9 Å². The van der Waals surface area contributed by atoms with Crippen LogP contribution < -0.4 is 10.2 Å². The number of sulfonamides is 2. The summed E-state index contributed by atoms with van der Waals surface area (Å²) in [5.74, 6) is -5.09. The molecule has 2 fully saturated rings. The number of nitrogens with zero attached hydrogens (tertiary/aromatic N) is 7. The number of pyridine rings is 2. The number of nitriles is 2. The molecule has 2 aliphatic rings. The van der Waals surface area contributed by atoms with Gasteiger partial charge in [0.15, 0.2) is 23.3 Å². The highest BCUT2D eigenvalue weighted by atomic mass is 35.5. The summed E-state index contributed by atoms with van der Waals surface area (Å²) in [5.41, 5.74) is 4.57. The summed E-state index contributed by atoms with van der Waals surface area (Å²) in [7, 11) is -6.42. The third kappa shape index (κ3) is 16.2. The van der Waals surface area contributed by atoms with E-state index < -0.39 is 88.5 Å². The van der Waals surface area contributed by atoms with Gasteiger partial charge in [0, 0.05) is 37.9 Å². The smallest absolute Gasteiger partial charge is 0.243 e. The molecule has 2 saturated carbocycles. The molecule has 404 valence electrons. The first-order chi connectivity index (χ1) is 36.8. The molecule has 1 amide bonds. The number of carbonyl (C=O) groups is 2. The summed E-state index contributed by atoms with van der Waals surface area (Å²) in [6.45, 7) is -0.302. The molecule has 8 rings (SSSR count). The number of carbonyl (C=O) groups excluding carboxylic acids is 2. The van der Waals surface area contributed by atoms with Gasteiger partial charge in [-0.25, -0.2) is 34.4 Å². The molecule has 2 heterocycles. The molecule has 2 aromatic heterocycles. The molecule has 0 bridgehead atoms. The van der Waals surface area contributed by atoms with E-state index >= 15 is 0 Å². The third-order valence-electron chi connectivity index (χ3n) is 13.2. The lowest BCUT2D eigenvalue weighted by molar-refractivity contribution is -0.118. The van der Waals surface area contributed by atoms with Crippen molar-refractivity contribution in [3.05, 3.63) is 178 Å². The van der Waals surface area contributed by atoms with E-state index in [-0.39, 0.29) is 6.54 Å². The Labute approximate surface area is 452 Å². The van der Waals surface area contributed by atoms with Crippen LogP contribution in [0.25, 0.3) is 0 Å². The number of nitrogens with one attached hydrogen (secondary N) is 1. The van der Waals surface area contributed by atoms with Gasteiger partial charge in [0.25, 0.3) is 0 Å². The number of aromatic nitrogens is 2. The van der Waals surface area contributed by atoms with Crippen LogP contribution in [0.3, 0.4) is 0 Å². The van der Waals surface area contributed by atoms with Gasteiger partial charge >= 0.3 is 0 Å². The molecule has 0 unspecified atom stereocenters. The summed E-state index contributed by atoms with van der Waals surface area (Å²) >= 11 is 5.05. The Morgan fingerprint density at radius 2 is 1.06 bits per heavy atom. The fourth-order valence-electron chi connectivity index (χ4n) is 8.84. The molecular formula is C56H57ClF4N8O6S2. The van der Waals surface area contributed by atoms with E-state index in [9.17, 15) is 44.0 Å². The lowest BCUT2D eigenvalue weighted by atomic mass is 9.85. The Morgan fingerprint density at radius 3 is 1.49 bits per heavy atom. The standard InChI is InChI=1S/C28H28F2N4O3S.C18H22N2.C10H7ClF2N2O3S/c1-33(38(36,37)25-14-22(16-31)28(30)26(29)15-25)19-27(35)34(24-10-6-3-7-11-24)18-23-13-12-21(17-32-23)20-8-4-2-5-9-20;1-3-7-15(8-4-1)16-11-12-18(19-13-16)14-20-17-9-5-2-6-10-17;1-15(5-9(11)16)19(17,18)7-2-6(4-14)10(13)8(12)3-7/h3,6-7,10-15,17,20H,2,4-5,8-9,18-19H2,1H3;2,5-6,9-13,15,20H,1,3-4,7-8,14H2;2-3H,5H2,1H3. The van der Waals surface area contributed by atoms with Gasteiger partial charge in [0.2, 0.25) is 31.2 Å². The van der Waals surface area contributed by atoms with E-state index in [1.54, 1.807) is 30.3 Å². The van der Waals surface area contributed by atoms with Crippen molar-refractivity contribution in [1.82, 2.24) is 18.6 Å². The maximum Gasteiger partial charge on any atom is 0.243 e. The summed E-state index contributed by atoms with van der Waals surface area (Å²) in [4.78, 5) is 33.4. The predicted octanol–water partition coefficient (Wildman–Crippen LogP) is 11.1. The number of halogens is 5. The SMILES string of the molecule is CN(CC(=O)Cl)S(=O)(=O)c1cc(F)c(F)c(C#N)c1.CN(CC(=O)N(Cc1ccc(C2CCCCC2)cn1)c1ccccc1)S(=O)(=O)c1cc(F)c(F)c(C#N)c1.c1ccc(NCc2ccc(C3CCCCC3)cn2)cc1. The Bertz CT molecular complexity index is 3290. The number of rotatable bonds is 16. The minimum atomic E-state index is -4.40. The first kappa shape index (κ1) is 59.2. The van der Waals surface area contributed by atoms with Crippen molar-refractivity contribution in [1.29, 1.82) is 10.5 Å². The first-order valence-corrected chi connectivity index (χ1v) is 28.0. The predicted molar refractivity (Wildman–Crippen MR) is 284 cm³/mol. The summed E-state index contributed by atoms with van der Waals surface area (Å²) in [5, 5.41) is 20.1. The van der Waals surface area contributed by atoms with E-state index in [0.717, 1.165) is 54.1 Å². The molecule has 4 aromatic carbocycles. The normalized spacial score (nSPS) is 14.0. The van der Waals surface area contributed by atoms with Gasteiger partial charge in [-0.3, -0.25) is 19.6 Å². The van der Waals surface area contributed by atoms with Crippen molar-refractivity contribution < 1.29 is 44.0 Å². The van der Waals surface area contributed by atoms with Crippen LogP contribution in [0.5, 0.6) is 0 Å². The van der Waals surface area contributed by atoms with E-state index in [0.29, 0.717) is 39.8 Å². The number of benzene rings is 4. The Kier molecular flexibility index (Phi) is 21.4. The van der Waals surface area contributed by atoms with Gasteiger partial charge in [0.1, 0.15) is 12.1 Å². The monoisotopic (exact) mass is 1110 g/mol. The second kappa shape index (κ2) is 27.8. The molecule has 6 aromatic rings. The molecule has 14 nitrogen and oxygen atoms in total. The van der Waals surface area contributed by atoms with Crippen molar-refractivity contribution in [3.63, 3.8) is 0 Å². The molecule has 0 atom stereocenters. The average molecular weight is 1110 g/mol. The first-order valence-electron chi connectivity index (χ1n) is 24.8. The number of anilines is 2. The topological polar surface area (TPSA) is 198 Å². The average Bonchev–Trinajstić information content (AvgIpc) is 3.45. The zero-order valence-corrected chi connectivity index (χ0v) is 44.8. The summed E-state index contributed by atoms with van der Waals surface area (Å²) in [6, 6.07) is 32.6. The van der Waals surface area contributed by atoms with Crippen molar-refractivity contribution in [2.75, 3.05) is 37.4 Å². The van der Waals surface area contributed by atoms with Crippen LogP contribution in [0, 0.1) is 45.9 Å². The lowest BCUT2D eigenvalue weighted by Crippen LogP contribution is -2.41. The van der Waals surface area contributed by atoms with Crippen LogP contribution in [-0.2, 0) is 42.7 Å². The molecule has 0 spiro atoms.